The summed E-state index contributed by atoms with van der Waals surface area (Å²) in [6.07, 6.45) is 3.95. The van der Waals surface area contributed by atoms with Gasteiger partial charge in [-0.1, -0.05) is 48.5 Å². The highest BCUT2D eigenvalue weighted by molar-refractivity contribution is 5.80. The molecule has 4 rings (SSSR count). The van der Waals surface area contributed by atoms with Crippen LogP contribution in [0.2, 0.25) is 0 Å². The van der Waals surface area contributed by atoms with Gasteiger partial charge in [0.2, 0.25) is 0 Å². The van der Waals surface area contributed by atoms with Crippen molar-refractivity contribution in [3.8, 4) is 0 Å². The van der Waals surface area contributed by atoms with Crippen LogP contribution in [-0.2, 0) is 19.6 Å². The van der Waals surface area contributed by atoms with Crippen molar-refractivity contribution in [3.05, 3.63) is 89.6 Å². The highest BCUT2D eigenvalue weighted by atomic mass is 16.3. The van der Waals surface area contributed by atoms with Gasteiger partial charge in [-0.25, -0.2) is 9.97 Å². The topological polar surface area (TPSA) is 67.1 Å². The van der Waals surface area contributed by atoms with E-state index in [1.54, 1.807) is 0 Å². The zero-order chi connectivity index (χ0) is 20.1. The van der Waals surface area contributed by atoms with Crippen molar-refractivity contribution in [2.75, 3.05) is 13.2 Å². The Hall–Kier alpha value is -3.09. The Morgan fingerprint density at radius 1 is 0.931 bits per heavy atom. The minimum Gasteiger partial charge on any atom is -0.395 e. The molecule has 2 heterocycles. The van der Waals surface area contributed by atoms with Crippen LogP contribution in [0.4, 0.5) is 0 Å². The Morgan fingerprint density at radius 2 is 1.72 bits per heavy atom. The summed E-state index contributed by atoms with van der Waals surface area (Å²) in [6.45, 7) is 4.66. The third kappa shape index (κ3) is 4.85. The molecule has 0 saturated carbocycles. The average Bonchev–Trinajstić information content (AvgIpc) is 3.16. The number of aliphatic hydroxyl groups excluding tert-OH is 1. The molecule has 0 aliphatic heterocycles. The summed E-state index contributed by atoms with van der Waals surface area (Å²) in [4.78, 5) is 11.5. The molecule has 4 aromatic rings. The largest absolute Gasteiger partial charge is 0.395 e. The van der Waals surface area contributed by atoms with E-state index < -0.39 is 0 Å². The van der Waals surface area contributed by atoms with Crippen molar-refractivity contribution in [1.82, 2.24) is 24.6 Å². The number of hydrogen-bond acceptors (Lipinski definition) is 5. The minimum atomic E-state index is 0.0880. The van der Waals surface area contributed by atoms with Gasteiger partial charge in [0.15, 0.2) is 0 Å². The molecule has 0 amide bonds. The molecule has 148 valence electrons. The third-order valence-corrected chi connectivity index (χ3v) is 4.90. The fourth-order valence-corrected chi connectivity index (χ4v) is 3.52. The second kappa shape index (κ2) is 8.94. The monoisotopic (exact) mass is 387 g/mol. The van der Waals surface area contributed by atoms with Gasteiger partial charge in [0, 0.05) is 35.9 Å². The number of rotatable bonds is 8. The summed E-state index contributed by atoms with van der Waals surface area (Å²) < 4.78 is 1.94. The van der Waals surface area contributed by atoms with E-state index in [9.17, 15) is 5.11 Å². The van der Waals surface area contributed by atoms with Crippen molar-refractivity contribution in [2.45, 2.75) is 26.6 Å². The van der Waals surface area contributed by atoms with Crippen LogP contribution in [0.5, 0.6) is 0 Å². The van der Waals surface area contributed by atoms with Crippen molar-refractivity contribution in [2.24, 2.45) is 0 Å². The van der Waals surface area contributed by atoms with E-state index in [1.165, 1.54) is 5.56 Å². The summed E-state index contributed by atoms with van der Waals surface area (Å²) >= 11 is 0. The van der Waals surface area contributed by atoms with Crippen LogP contribution in [0.1, 0.15) is 22.6 Å². The summed E-state index contributed by atoms with van der Waals surface area (Å²) in [5.41, 5.74) is 4.25. The first-order chi connectivity index (χ1) is 14.2. The van der Waals surface area contributed by atoms with Crippen molar-refractivity contribution in [1.29, 1.82) is 0 Å². The molecule has 0 spiro atoms. The minimum absolute atomic E-state index is 0.0880. The number of hydrogen-bond donors (Lipinski definition) is 1. The molecule has 0 atom stereocenters. The van der Waals surface area contributed by atoms with Gasteiger partial charge in [0.05, 0.1) is 31.4 Å². The number of benzene rings is 2. The maximum absolute atomic E-state index is 9.52. The third-order valence-electron chi connectivity index (χ3n) is 4.90. The second-order valence-electron chi connectivity index (χ2n) is 7.21. The fraction of sp³-hybridized carbons (Fsp3) is 0.261. The van der Waals surface area contributed by atoms with E-state index in [4.69, 9.17) is 4.98 Å². The van der Waals surface area contributed by atoms with Gasteiger partial charge in [-0.3, -0.25) is 9.58 Å². The van der Waals surface area contributed by atoms with Gasteiger partial charge in [0.25, 0.3) is 0 Å². The molecule has 0 aliphatic rings. The van der Waals surface area contributed by atoms with Gasteiger partial charge in [-0.2, -0.15) is 5.10 Å². The zero-order valence-corrected chi connectivity index (χ0v) is 16.6. The number of para-hydroxylation sites is 1. The molecule has 0 aliphatic carbocycles. The van der Waals surface area contributed by atoms with Crippen LogP contribution in [0.15, 0.2) is 67.0 Å². The zero-order valence-electron chi connectivity index (χ0n) is 16.6. The van der Waals surface area contributed by atoms with Crippen molar-refractivity contribution < 1.29 is 5.11 Å². The van der Waals surface area contributed by atoms with Crippen LogP contribution in [0, 0.1) is 6.92 Å². The van der Waals surface area contributed by atoms with E-state index in [0.29, 0.717) is 19.6 Å². The molecule has 0 bridgehead atoms. The first kappa shape index (κ1) is 19.2. The lowest BCUT2D eigenvalue weighted by atomic mass is 10.2. The standard InChI is InChI=1S/C23H25N5O/c1-18-21-9-5-6-10-22(21)26-23(25-18)17-27(11-12-29)14-20-13-24-28(16-20)15-19-7-3-2-4-8-19/h2-10,13,16,29H,11-12,14-15,17H2,1H3. The molecule has 2 aromatic heterocycles. The van der Waals surface area contributed by atoms with Gasteiger partial charge in [0.1, 0.15) is 5.82 Å². The van der Waals surface area contributed by atoms with Crippen LogP contribution >= 0.6 is 0 Å². The first-order valence-corrected chi connectivity index (χ1v) is 9.82. The molecule has 6 heteroatoms. The number of aromatic nitrogens is 4. The molecule has 0 fully saturated rings. The van der Waals surface area contributed by atoms with Gasteiger partial charge < -0.3 is 5.11 Å². The van der Waals surface area contributed by atoms with Crippen molar-refractivity contribution in [3.63, 3.8) is 0 Å². The quantitative estimate of drug-likeness (QED) is 0.503. The number of fused-ring (bicyclic) bond motifs is 1. The number of aliphatic hydroxyl groups is 1. The highest BCUT2D eigenvalue weighted by Crippen LogP contribution is 2.16. The predicted octanol–water partition coefficient (Wildman–Crippen LogP) is 3.18. The normalized spacial score (nSPS) is 11.4. The average molecular weight is 387 g/mol. The van der Waals surface area contributed by atoms with E-state index in [0.717, 1.165) is 34.5 Å². The van der Waals surface area contributed by atoms with Crippen LogP contribution in [-0.4, -0.2) is 42.9 Å². The lowest BCUT2D eigenvalue weighted by molar-refractivity contribution is 0.181. The van der Waals surface area contributed by atoms with Crippen LogP contribution in [0.25, 0.3) is 10.9 Å². The molecular weight excluding hydrogens is 362 g/mol. The van der Waals surface area contributed by atoms with Crippen molar-refractivity contribution >= 4 is 10.9 Å². The van der Waals surface area contributed by atoms with E-state index in [1.807, 2.05) is 60.3 Å². The van der Waals surface area contributed by atoms with E-state index in [-0.39, 0.29) is 6.61 Å². The molecule has 6 nitrogen and oxygen atoms in total. The van der Waals surface area contributed by atoms with Gasteiger partial charge in [-0.15, -0.1) is 0 Å². The van der Waals surface area contributed by atoms with Crippen LogP contribution in [0.3, 0.4) is 0 Å². The lowest BCUT2D eigenvalue weighted by Gasteiger charge is -2.20. The van der Waals surface area contributed by atoms with E-state index >= 15 is 0 Å². The number of nitrogens with zero attached hydrogens (tertiary/aromatic N) is 5. The SMILES string of the molecule is Cc1nc(CN(CCO)Cc2cnn(Cc3ccccc3)c2)nc2ccccc12. The van der Waals surface area contributed by atoms with E-state index in [2.05, 4.69) is 33.3 Å². The van der Waals surface area contributed by atoms with Gasteiger partial charge in [-0.05, 0) is 18.6 Å². The fourth-order valence-electron chi connectivity index (χ4n) is 3.52. The predicted molar refractivity (Wildman–Crippen MR) is 113 cm³/mol. The molecule has 2 aromatic carbocycles. The maximum Gasteiger partial charge on any atom is 0.143 e. The maximum atomic E-state index is 9.52. The second-order valence-corrected chi connectivity index (χ2v) is 7.21. The molecule has 0 radical (unpaired) electrons. The molecule has 0 saturated heterocycles. The lowest BCUT2D eigenvalue weighted by Crippen LogP contribution is -2.27. The smallest absolute Gasteiger partial charge is 0.143 e. The summed E-state index contributed by atoms with van der Waals surface area (Å²) in [7, 11) is 0. The Morgan fingerprint density at radius 3 is 2.55 bits per heavy atom. The summed E-state index contributed by atoms with van der Waals surface area (Å²) in [6, 6.07) is 18.3. The first-order valence-electron chi connectivity index (χ1n) is 9.82. The van der Waals surface area contributed by atoms with Gasteiger partial charge >= 0.3 is 0 Å². The highest BCUT2D eigenvalue weighted by Gasteiger charge is 2.12. The summed E-state index contributed by atoms with van der Waals surface area (Å²) in [5.74, 6) is 0.770. The Balaban J connectivity index is 1.47. The van der Waals surface area contributed by atoms with Crippen LogP contribution < -0.4 is 0 Å². The molecule has 0 unspecified atom stereocenters. The Kier molecular flexibility index (Phi) is 5.93. The Labute approximate surface area is 170 Å². The summed E-state index contributed by atoms with van der Waals surface area (Å²) in [5, 5.41) is 15.1. The molecular formula is C23H25N5O. The molecule has 1 N–H and O–H groups in total. The number of aryl methyl sites for hydroxylation is 1. The Bertz CT molecular complexity index is 1080. The molecule has 29 heavy (non-hydrogen) atoms.